The van der Waals surface area contributed by atoms with Gasteiger partial charge in [0.05, 0.1) is 17.4 Å². The Morgan fingerprint density at radius 2 is 1.71 bits per heavy atom. The summed E-state index contributed by atoms with van der Waals surface area (Å²) in [5.74, 6) is -0.607. The number of sulfone groups is 1. The number of hydrogen-bond acceptors (Lipinski definition) is 3. The van der Waals surface area contributed by atoms with Crippen LogP contribution in [0.1, 0.15) is 24.1 Å². The van der Waals surface area contributed by atoms with Gasteiger partial charge in [-0.25, -0.2) is 12.8 Å². The summed E-state index contributed by atoms with van der Waals surface area (Å²) in [6.07, 6.45) is 1.13. The molecule has 1 amide bonds. The lowest BCUT2D eigenvalue weighted by Crippen LogP contribution is -2.31. The van der Waals surface area contributed by atoms with Crippen molar-refractivity contribution in [3.8, 4) is 0 Å². The number of carbonyl (C=O) groups excluding carboxylic acids is 1. The van der Waals surface area contributed by atoms with Gasteiger partial charge in [-0.2, -0.15) is 0 Å². The second-order valence-electron chi connectivity index (χ2n) is 5.79. The first kappa shape index (κ1) is 18.1. The molecule has 2 rings (SSSR count). The predicted molar refractivity (Wildman–Crippen MR) is 90.8 cm³/mol. The van der Waals surface area contributed by atoms with E-state index in [4.69, 9.17) is 0 Å². The van der Waals surface area contributed by atoms with E-state index in [0.29, 0.717) is 5.56 Å². The van der Waals surface area contributed by atoms with E-state index in [0.717, 1.165) is 11.8 Å². The lowest BCUT2D eigenvalue weighted by molar-refractivity contribution is -0.131. The van der Waals surface area contributed by atoms with E-state index in [1.807, 2.05) is 6.92 Å². The number of benzene rings is 2. The molecule has 0 spiro atoms. The second kappa shape index (κ2) is 7.13. The van der Waals surface area contributed by atoms with Gasteiger partial charge in [0.15, 0.2) is 9.84 Å². The highest BCUT2D eigenvalue weighted by atomic mass is 32.2. The average molecular weight is 349 g/mol. The molecule has 2 aromatic rings. The van der Waals surface area contributed by atoms with Crippen molar-refractivity contribution in [2.75, 3.05) is 13.3 Å². The zero-order valence-electron chi connectivity index (χ0n) is 13.9. The van der Waals surface area contributed by atoms with Gasteiger partial charge in [-0.3, -0.25) is 4.79 Å². The molecular formula is C18H20FNO3S. The Labute approximate surface area is 141 Å². The molecule has 4 nitrogen and oxygen atoms in total. The minimum atomic E-state index is -3.25. The molecule has 0 bridgehead atoms. The molecular weight excluding hydrogens is 329 g/mol. The predicted octanol–water partition coefficient (Wildman–Crippen LogP) is 2.99. The summed E-state index contributed by atoms with van der Waals surface area (Å²) in [6, 6.07) is 12.4. The largest absolute Gasteiger partial charge is 0.339 e. The summed E-state index contributed by atoms with van der Waals surface area (Å²) >= 11 is 0. The van der Waals surface area contributed by atoms with E-state index in [-0.39, 0.29) is 23.3 Å². The molecule has 0 saturated carbocycles. The number of likely N-dealkylation sites (N-methyl/N-ethyl adjacent to an activating group) is 1. The molecule has 0 aliphatic carbocycles. The lowest BCUT2D eigenvalue weighted by Gasteiger charge is -2.25. The number of hydrogen-bond donors (Lipinski definition) is 0. The Kier molecular flexibility index (Phi) is 5.39. The Morgan fingerprint density at radius 3 is 2.25 bits per heavy atom. The van der Waals surface area contributed by atoms with Gasteiger partial charge in [0.2, 0.25) is 5.91 Å². The third-order valence-corrected chi connectivity index (χ3v) is 5.19. The molecule has 0 radical (unpaired) electrons. The van der Waals surface area contributed by atoms with Crippen LogP contribution in [0.25, 0.3) is 0 Å². The molecule has 24 heavy (non-hydrogen) atoms. The van der Waals surface area contributed by atoms with Crippen molar-refractivity contribution >= 4 is 15.7 Å². The summed E-state index contributed by atoms with van der Waals surface area (Å²) in [6.45, 7) is 1.84. The van der Waals surface area contributed by atoms with Crippen LogP contribution >= 0.6 is 0 Å². The minimum Gasteiger partial charge on any atom is -0.339 e. The number of carbonyl (C=O) groups is 1. The van der Waals surface area contributed by atoms with Gasteiger partial charge in [-0.15, -0.1) is 0 Å². The highest BCUT2D eigenvalue weighted by molar-refractivity contribution is 7.90. The first-order valence-corrected chi connectivity index (χ1v) is 9.38. The molecule has 0 aliphatic heterocycles. The van der Waals surface area contributed by atoms with Crippen LogP contribution < -0.4 is 0 Å². The monoisotopic (exact) mass is 349 g/mol. The summed E-state index contributed by atoms with van der Waals surface area (Å²) in [5.41, 5.74) is 1.17. The topological polar surface area (TPSA) is 54.5 Å². The molecule has 0 N–H and O–H groups in total. The smallest absolute Gasteiger partial charge is 0.227 e. The Balaban J connectivity index is 2.12. The van der Waals surface area contributed by atoms with E-state index in [1.165, 1.54) is 23.1 Å². The maximum absolute atomic E-state index is 13.7. The first-order chi connectivity index (χ1) is 11.2. The average Bonchev–Trinajstić information content (AvgIpc) is 2.55. The van der Waals surface area contributed by atoms with Crippen molar-refractivity contribution in [3.63, 3.8) is 0 Å². The summed E-state index contributed by atoms with van der Waals surface area (Å²) < 4.78 is 36.6. The van der Waals surface area contributed by atoms with E-state index < -0.39 is 15.7 Å². The van der Waals surface area contributed by atoms with Crippen molar-refractivity contribution in [2.45, 2.75) is 24.3 Å². The van der Waals surface area contributed by atoms with E-state index in [2.05, 4.69) is 0 Å². The molecule has 0 fully saturated rings. The maximum atomic E-state index is 13.7. The second-order valence-corrected chi connectivity index (χ2v) is 7.81. The SMILES string of the molecule is C[C@@H](c1ccc(S(C)(=O)=O)cc1)N(C)C(=O)Cc1ccccc1F. The number of halogens is 1. The van der Waals surface area contributed by atoms with Crippen molar-refractivity contribution in [1.29, 1.82) is 0 Å². The van der Waals surface area contributed by atoms with Crippen LogP contribution in [0.5, 0.6) is 0 Å². The summed E-state index contributed by atoms with van der Waals surface area (Å²) in [4.78, 5) is 14.1. The minimum absolute atomic E-state index is 0.0189. The summed E-state index contributed by atoms with van der Waals surface area (Å²) in [7, 11) is -1.60. The van der Waals surface area contributed by atoms with Gasteiger partial charge >= 0.3 is 0 Å². The maximum Gasteiger partial charge on any atom is 0.227 e. The van der Waals surface area contributed by atoms with Crippen LogP contribution in [-0.4, -0.2) is 32.5 Å². The van der Waals surface area contributed by atoms with Crippen LogP contribution in [-0.2, 0) is 21.1 Å². The summed E-state index contributed by atoms with van der Waals surface area (Å²) in [5, 5.41) is 0. The molecule has 128 valence electrons. The van der Waals surface area contributed by atoms with E-state index in [9.17, 15) is 17.6 Å². The molecule has 0 heterocycles. The van der Waals surface area contributed by atoms with Crippen LogP contribution in [0, 0.1) is 5.82 Å². The quantitative estimate of drug-likeness (QED) is 0.834. The standard InChI is InChI=1S/C18H20FNO3S/c1-13(14-8-10-16(11-9-14)24(3,22)23)20(2)18(21)12-15-6-4-5-7-17(15)19/h4-11,13H,12H2,1-3H3/t13-/m0/s1. The molecule has 0 unspecified atom stereocenters. The van der Waals surface area contributed by atoms with Gasteiger partial charge in [0.1, 0.15) is 5.82 Å². The van der Waals surface area contributed by atoms with Gasteiger partial charge in [-0.05, 0) is 36.2 Å². The lowest BCUT2D eigenvalue weighted by atomic mass is 10.1. The van der Waals surface area contributed by atoms with E-state index in [1.54, 1.807) is 37.4 Å². The third-order valence-electron chi connectivity index (χ3n) is 4.06. The van der Waals surface area contributed by atoms with Gasteiger partial charge < -0.3 is 4.90 Å². The van der Waals surface area contributed by atoms with Crippen LogP contribution in [0.3, 0.4) is 0 Å². The molecule has 6 heteroatoms. The van der Waals surface area contributed by atoms with Crippen LogP contribution in [0.2, 0.25) is 0 Å². The molecule has 0 aliphatic rings. The van der Waals surface area contributed by atoms with Crippen LogP contribution in [0.15, 0.2) is 53.4 Å². The Morgan fingerprint density at radius 1 is 1.12 bits per heavy atom. The zero-order valence-corrected chi connectivity index (χ0v) is 14.7. The van der Waals surface area contributed by atoms with Gasteiger partial charge in [-0.1, -0.05) is 30.3 Å². The van der Waals surface area contributed by atoms with Crippen molar-refractivity contribution in [3.05, 3.63) is 65.5 Å². The van der Waals surface area contributed by atoms with Crippen molar-refractivity contribution in [1.82, 2.24) is 4.90 Å². The molecule has 0 saturated heterocycles. The number of rotatable bonds is 5. The normalized spacial score (nSPS) is 12.7. The fourth-order valence-corrected chi connectivity index (χ4v) is 2.99. The van der Waals surface area contributed by atoms with Crippen molar-refractivity contribution in [2.24, 2.45) is 0 Å². The molecule has 1 atom stereocenters. The number of nitrogens with zero attached hydrogens (tertiary/aromatic N) is 1. The van der Waals surface area contributed by atoms with Crippen LogP contribution in [0.4, 0.5) is 4.39 Å². The van der Waals surface area contributed by atoms with Gasteiger partial charge in [0.25, 0.3) is 0 Å². The first-order valence-electron chi connectivity index (χ1n) is 7.49. The highest BCUT2D eigenvalue weighted by Gasteiger charge is 2.19. The third kappa shape index (κ3) is 4.20. The molecule has 0 aromatic heterocycles. The fraction of sp³-hybridized carbons (Fsp3) is 0.278. The highest BCUT2D eigenvalue weighted by Crippen LogP contribution is 2.22. The molecule has 2 aromatic carbocycles. The Hall–Kier alpha value is -2.21. The Bertz CT molecular complexity index is 832. The van der Waals surface area contributed by atoms with E-state index >= 15 is 0 Å². The number of amides is 1. The zero-order chi connectivity index (χ0) is 17.9. The van der Waals surface area contributed by atoms with Crippen molar-refractivity contribution < 1.29 is 17.6 Å². The fourth-order valence-electron chi connectivity index (χ4n) is 2.36. The van der Waals surface area contributed by atoms with Gasteiger partial charge in [0, 0.05) is 13.3 Å².